The molecule has 0 aliphatic carbocycles. The third-order valence-corrected chi connectivity index (χ3v) is 2.16. The van der Waals surface area contributed by atoms with Crippen molar-refractivity contribution < 1.29 is 27.2 Å². The molecule has 1 N–H and O–H groups in total. The molecule has 0 fully saturated rings. The standard InChI is InChI=1S/C10H12O6S/c1-2-15-10(11)8-3-5-9(6-4-8)16-7-17(12,13)14/h3-6H,2,7H2,1H3,(H,12,13,14). The number of hydrogen-bond donors (Lipinski definition) is 1. The Morgan fingerprint density at radius 1 is 1.29 bits per heavy atom. The molecule has 0 unspecified atom stereocenters. The van der Waals surface area contributed by atoms with Crippen LogP contribution < -0.4 is 4.74 Å². The van der Waals surface area contributed by atoms with Gasteiger partial charge in [0, 0.05) is 0 Å². The maximum Gasteiger partial charge on any atom is 0.338 e. The van der Waals surface area contributed by atoms with Crippen LogP contribution in [-0.4, -0.2) is 31.5 Å². The molecule has 0 radical (unpaired) electrons. The first-order valence-corrected chi connectivity index (χ1v) is 6.38. The van der Waals surface area contributed by atoms with E-state index in [0.717, 1.165) is 0 Å². The molecule has 17 heavy (non-hydrogen) atoms. The summed E-state index contributed by atoms with van der Waals surface area (Å²) in [6, 6.07) is 5.71. The predicted octanol–water partition coefficient (Wildman–Crippen LogP) is 1.09. The van der Waals surface area contributed by atoms with Crippen LogP contribution in [0.3, 0.4) is 0 Å². The summed E-state index contributed by atoms with van der Waals surface area (Å²) in [5, 5.41) is 0. The first kappa shape index (κ1) is 13.5. The van der Waals surface area contributed by atoms with Gasteiger partial charge in [0.2, 0.25) is 5.94 Å². The second kappa shape index (κ2) is 5.65. The summed E-state index contributed by atoms with van der Waals surface area (Å²) in [5.74, 6) is -1.06. The number of benzene rings is 1. The molecule has 0 spiro atoms. The minimum absolute atomic E-state index is 0.232. The minimum Gasteiger partial charge on any atom is -0.475 e. The molecule has 0 aromatic heterocycles. The van der Waals surface area contributed by atoms with E-state index in [1.54, 1.807) is 6.92 Å². The zero-order valence-corrected chi connectivity index (χ0v) is 9.94. The average Bonchev–Trinajstić information content (AvgIpc) is 2.26. The van der Waals surface area contributed by atoms with Gasteiger partial charge in [-0.15, -0.1) is 0 Å². The molecule has 0 heterocycles. The Morgan fingerprint density at radius 2 is 1.88 bits per heavy atom. The van der Waals surface area contributed by atoms with E-state index >= 15 is 0 Å². The third-order valence-electron chi connectivity index (χ3n) is 1.74. The molecule has 0 aliphatic heterocycles. The van der Waals surface area contributed by atoms with Gasteiger partial charge in [-0.1, -0.05) is 0 Å². The molecule has 7 heteroatoms. The SMILES string of the molecule is CCOC(=O)c1ccc(OCS(=O)(=O)O)cc1. The van der Waals surface area contributed by atoms with Crippen molar-refractivity contribution in [3.05, 3.63) is 29.8 Å². The number of hydrogen-bond acceptors (Lipinski definition) is 5. The number of carbonyl (C=O) groups excluding carboxylic acids is 1. The molecule has 0 aliphatic rings. The van der Waals surface area contributed by atoms with Gasteiger partial charge in [0.25, 0.3) is 0 Å². The van der Waals surface area contributed by atoms with E-state index < -0.39 is 22.0 Å². The highest BCUT2D eigenvalue weighted by atomic mass is 32.2. The van der Waals surface area contributed by atoms with Crippen LogP contribution in [0, 0.1) is 0 Å². The van der Waals surface area contributed by atoms with Gasteiger partial charge >= 0.3 is 16.1 Å². The first-order chi connectivity index (χ1) is 7.92. The van der Waals surface area contributed by atoms with E-state index in [1.165, 1.54) is 24.3 Å². The van der Waals surface area contributed by atoms with E-state index in [1.807, 2.05) is 0 Å². The summed E-state index contributed by atoms with van der Waals surface area (Å²) in [4.78, 5) is 11.3. The number of rotatable bonds is 5. The lowest BCUT2D eigenvalue weighted by atomic mass is 10.2. The van der Waals surface area contributed by atoms with Gasteiger partial charge in [0.1, 0.15) is 5.75 Å². The third kappa shape index (κ3) is 4.83. The summed E-state index contributed by atoms with van der Waals surface area (Å²) in [6.45, 7) is 1.97. The Morgan fingerprint density at radius 3 is 2.35 bits per heavy atom. The van der Waals surface area contributed by atoms with E-state index in [9.17, 15) is 13.2 Å². The molecule has 1 rings (SSSR count). The zero-order chi connectivity index (χ0) is 12.9. The topological polar surface area (TPSA) is 89.9 Å². The van der Waals surface area contributed by atoms with Crippen LogP contribution in [0.1, 0.15) is 17.3 Å². The predicted molar refractivity (Wildman–Crippen MR) is 59.4 cm³/mol. The fourth-order valence-electron chi connectivity index (χ4n) is 1.04. The Labute approximate surface area is 98.9 Å². The molecule has 6 nitrogen and oxygen atoms in total. The van der Waals surface area contributed by atoms with Crippen LogP contribution in [0.4, 0.5) is 0 Å². The average molecular weight is 260 g/mol. The molecular weight excluding hydrogens is 248 g/mol. The van der Waals surface area contributed by atoms with Crippen LogP contribution >= 0.6 is 0 Å². The molecular formula is C10H12O6S. The number of carbonyl (C=O) groups is 1. The van der Waals surface area contributed by atoms with E-state index in [0.29, 0.717) is 5.56 Å². The highest BCUT2D eigenvalue weighted by molar-refractivity contribution is 7.85. The molecule has 0 atom stereocenters. The maximum atomic E-state index is 11.3. The Kier molecular flexibility index (Phi) is 4.47. The number of ether oxygens (including phenoxy) is 2. The van der Waals surface area contributed by atoms with E-state index in [4.69, 9.17) is 14.0 Å². The largest absolute Gasteiger partial charge is 0.475 e. The molecule has 0 amide bonds. The Bertz CT molecular complexity index is 476. The Balaban J connectivity index is 2.65. The van der Waals surface area contributed by atoms with Gasteiger partial charge in [0.05, 0.1) is 12.2 Å². The smallest absolute Gasteiger partial charge is 0.338 e. The van der Waals surface area contributed by atoms with Crippen LogP contribution in [0.25, 0.3) is 0 Å². The Hall–Kier alpha value is -1.60. The summed E-state index contributed by atoms with van der Waals surface area (Å²) in [7, 11) is -4.17. The van der Waals surface area contributed by atoms with E-state index in [2.05, 4.69) is 0 Å². The maximum absolute atomic E-state index is 11.3. The summed E-state index contributed by atoms with van der Waals surface area (Å²) < 4.78 is 38.8. The zero-order valence-electron chi connectivity index (χ0n) is 9.12. The minimum atomic E-state index is -4.17. The van der Waals surface area contributed by atoms with Crippen LogP contribution in [-0.2, 0) is 14.9 Å². The highest BCUT2D eigenvalue weighted by Crippen LogP contribution is 2.13. The van der Waals surface area contributed by atoms with Gasteiger partial charge in [0.15, 0.2) is 0 Å². The van der Waals surface area contributed by atoms with Gasteiger partial charge in [-0.25, -0.2) is 4.79 Å². The fourth-order valence-corrected chi connectivity index (χ4v) is 1.33. The van der Waals surface area contributed by atoms with Crippen molar-refractivity contribution >= 4 is 16.1 Å². The summed E-state index contributed by atoms with van der Waals surface area (Å²) in [5.41, 5.74) is 0.339. The molecule has 1 aromatic carbocycles. The molecule has 0 bridgehead atoms. The van der Waals surface area contributed by atoms with Crippen molar-refractivity contribution in [3.8, 4) is 5.75 Å². The van der Waals surface area contributed by atoms with Crippen molar-refractivity contribution in [3.63, 3.8) is 0 Å². The molecule has 0 saturated heterocycles. The van der Waals surface area contributed by atoms with Gasteiger partial charge < -0.3 is 9.47 Å². The van der Waals surface area contributed by atoms with Gasteiger partial charge in [-0.05, 0) is 31.2 Å². The normalized spacial score (nSPS) is 10.9. The monoisotopic (exact) mass is 260 g/mol. The van der Waals surface area contributed by atoms with Crippen molar-refractivity contribution in [2.24, 2.45) is 0 Å². The highest BCUT2D eigenvalue weighted by Gasteiger charge is 2.08. The van der Waals surface area contributed by atoms with Gasteiger partial charge in [-0.2, -0.15) is 8.42 Å². The van der Waals surface area contributed by atoms with Crippen molar-refractivity contribution in [2.45, 2.75) is 6.92 Å². The quantitative estimate of drug-likeness (QED) is 0.629. The second-order valence-electron chi connectivity index (χ2n) is 3.09. The van der Waals surface area contributed by atoms with E-state index in [-0.39, 0.29) is 12.4 Å². The lowest BCUT2D eigenvalue weighted by molar-refractivity contribution is 0.0526. The molecule has 0 saturated carbocycles. The first-order valence-electron chi connectivity index (χ1n) is 4.77. The second-order valence-corrected chi connectivity index (χ2v) is 4.49. The van der Waals surface area contributed by atoms with Crippen molar-refractivity contribution in [1.29, 1.82) is 0 Å². The molecule has 94 valence electrons. The van der Waals surface area contributed by atoms with Crippen LogP contribution in [0.5, 0.6) is 5.75 Å². The van der Waals surface area contributed by atoms with Crippen LogP contribution in [0.15, 0.2) is 24.3 Å². The number of esters is 1. The van der Waals surface area contributed by atoms with Gasteiger partial charge in [-0.3, -0.25) is 4.55 Å². The van der Waals surface area contributed by atoms with Crippen molar-refractivity contribution in [1.82, 2.24) is 0 Å². The summed E-state index contributed by atoms with van der Waals surface area (Å²) in [6.07, 6.45) is 0. The van der Waals surface area contributed by atoms with Crippen molar-refractivity contribution in [2.75, 3.05) is 12.5 Å². The lowest BCUT2D eigenvalue weighted by Gasteiger charge is -2.05. The fraction of sp³-hybridized carbons (Fsp3) is 0.300. The van der Waals surface area contributed by atoms with Crippen LogP contribution in [0.2, 0.25) is 0 Å². The summed E-state index contributed by atoms with van der Waals surface area (Å²) >= 11 is 0. The lowest BCUT2D eigenvalue weighted by Crippen LogP contribution is -2.10. The molecule has 1 aromatic rings.